The Morgan fingerprint density at radius 1 is 1.48 bits per heavy atom. The van der Waals surface area contributed by atoms with E-state index in [9.17, 15) is 0 Å². The molecule has 4 nitrogen and oxygen atoms in total. The van der Waals surface area contributed by atoms with Crippen molar-refractivity contribution in [3.8, 4) is 0 Å². The van der Waals surface area contributed by atoms with E-state index in [2.05, 4.69) is 33.6 Å². The molecule has 114 valence electrons. The fourth-order valence-electron chi connectivity index (χ4n) is 2.63. The smallest absolute Gasteiger partial charge is 0.0926 e. The summed E-state index contributed by atoms with van der Waals surface area (Å²) in [6.07, 6.45) is 4.83. The molecule has 3 rings (SSSR count). The van der Waals surface area contributed by atoms with Crippen LogP contribution in [0.25, 0.3) is 0 Å². The van der Waals surface area contributed by atoms with Gasteiger partial charge in [0.1, 0.15) is 0 Å². The van der Waals surface area contributed by atoms with Gasteiger partial charge in [-0.1, -0.05) is 13.0 Å². The van der Waals surface area contributed by atoms with Crippen LogP contribution in [0.3, 0.4) is 0 Å². The van der Waals surface area contributed by atoms with Gasteiger partial charge in [-0.2, -0.15) is 0 Å². The van der Waals surface area contributed by atoms with Crippen LogP contribution in [0.1, 0.15) is 29.2 Å². The molecular weight excluding hydrogens is 304 g/mol. The Bertz CT molecular complexity index is 546. The normalized spacial score (nSPS) is 19.2. The molecule has 0 spiro atoms. The average molecular weight is 325 g/mol. The SMILES string of the molecule is CCc1nc(CN2CCNCC2c2cccnc2)cs1.Cl. The number of aryl methyl sites for hydroxylation is 1. The van der Waals surface area contributed by atoms with Gasteiger partial charge in [0.05, 0.1) is 10.7 Å². The number of thiazole rings is 1. The van der Waals surface area contributed by atoms with Crippen molar-refractivity contribution in [2.75, 3.05) is 19.6 Å². The molecule has 21 heavy (non-hydrogen) atoms. The van der Waals surface area contributed by atoms with Crippen LogP contribution in [0.5, 0.6) is 0 Å². The van der Waals surface area contributed by atoms with Gasteiger partial charge in [-0.15, -0.1) is 23.7 Å². The minimum Gasteiger partial charge on any atom is -0.314 e. The van der Waals surface area contributed by atoms with Crippen LogP contribution in [-0.4, -0.2) is 34.5 Å². The summed E-state index contributed by atoms with van der Waals surface area (Å²) in [5.74, 6) is 0. The van der Waals surface area contributed by atoms with Gasteiger partial charge >= 0.3 is 0 Å². The van der Waals surface area contributed by atoms with Gasteiger partial charge in [0.25, 0.3) is 0 Å². The van der Waals surface area contributed by atoms with Crippen molar-refractivity contribution in [1.29, 1.82) is 0 Å². The second-order valence-corrected chi connectivity index (χ2v) is 6.01. The van der Waals surface area contributed by atoms with Crippen LogP contribution in [0.4, 0.5) is 0 Å². The van der Waals surface area contributed by atoms with Gasteiger partial charge in [-0.05, 0) is 18.1 Å². The Morgan fingerprint density at radius 3 is 3.10 bits per heavy atom. The van der Waals surface area contributed by atoms with Gasteiger partial charge in [-0.3, -0.25) is 9.88 Å². The quantitative estimate of drug-likeness (QED) is 0.938. The molecule has 0 aromatic carbocycles. The molecule has 1 aliphatic rings. The molecule has 3 heterocycles. The lowest BCUT2D eigenvalue weighted by atomic mass is 10.1. The summed E-state index contributed by atoms with van der Waals surface area (Å²) in [7, 11) is 0. The third kappa shape index (κ3) is 4.01. The van der Waals surface area contributed by atoms with Crippen molar-refractivity contribution in [3.05, 3.63) is 46.2 Å². The van der Waals surface area contributed by atoms with Gasteiger partial charge in [0.15, 0.2) is 0 Å². The Labute approximate surface area is 136 Å². The monoisotopic (exact) mass is 324 g/mol. The third-order valence-electron chi connectivity index (χ3n) is 3.69. The molecule has 0 aliphatic carbocycles. The highest BCUT2D eigenvalue weighted by molar-refractivity contribution is 7.09. The molecule has 0 amide bonds. The number of aromatic nitrogens is 2. The van der Waals surface area contributed by atoms with E-state index < -0.39 is 0 Å². The molecule has 2 aromatic rings. The van der Waals surface area contributed by atoms with Crippen molar-refractivity contribution in [2.24, 2.45) is 0 Å². The van der Waals surface area contributed by atoms with Crippen LogP contribution < -0.4 is 5.32 Å². The minimum absolute atomic E-state index is 0. The number of nitrogens with one attached hydrogen (secondary N) is 1. The Balaban J connectivity index is 0.00000161. The summed E-state index contributed by atoms with van der Waals surface area (Å²) in [4.78, 5) is 11.4. The molecule has 1 fully saturated rings. The molecule has 0 saturated carbocycles. The molecule has 1 aliphatic heterocycles. The van der Waals surface area contributed by atoms with Crippen molar-refractivity contribution >= 4 is 23.7 Å². The first-order chi connectivity index (χ1) is 9.86. The molecule has 1 atom stereocenters. The summed E-state index contributed by atoms with van der Waals surface area (Å²) in [5.41, 5.74) is 2.48. The number of hydrogen-bond acceptors (Lipinski definition) is 5. The van der Waals surface area contributed by atoms with E-state index in [4.69, 9.17) is 4.98 Å². The van der Waals surface area contributed by atoms with Crippen molar-refractivity contribution in [1.82, 2.24) is 20.2 Å². The van der Waals surface area contributed by atoms with Crippen molar-refractivity contribution in [3.63, 3.8) is 0 Å². The summed E-state index contributed by atoms with van der Waals surface area (Å²) in [5, 5.41) is 6.90. The predicted molar refractivity (Wildman–Crippen MR) is 89.0 cm³/mol. The Morgan fingerprint density at radius 2 is 2.38 bits per heavy atom. The molecule has 1 unspecified atom stereocenters. The van der Waals surface area contributed by atoms with Gasteiger partial charge < -0.3 is 5.32 Å². The third-order valence-corrected chi connectivity index (χ3v) is 4.73. The first-order valence-electron chi connectivity index (χ1n) is 7.15. The van der Waals surface area contributed by atoms with E-state index in [-0.39, 0.29) is 12.4 Å². The molecule has 1 saturated heterocycles. The largest absolute Gasteiger partial charge is 0.314 e. The summed E-state index contributed by atoms with van der Waals surface area (Å²) >= 11 is 1.77. The fraction of sp³-hybridized carbons (Fsp3) is 0.467. The lowest BCUT2D eigenvalue weighted by Crippen LogP contribution is -2.45. The maximum absolute atomic E-state index is 4.69. The van der Waals surface area contributed by atoms with E-state index in [1.807, 2.05) is 18.5 Å². The second-order valence-electron chi connectivity index (χ2n) is 5.06. The minimum atomic E-state index is 0. The molecule has 2 aromatic heterocycles. The van der Waals surface area contributed by atoms with E-state index in [0.29, 0.717) is 6.04 Å². The van der Waals surface area contributed by atoms with Crippen molar-refractivity contribution in [2.45, 2.75) is 25.9 Å². The first kappa shape index (κ1) is 16.4. The number of halogens is 1. The van der Waals surface area contributed by atoms with Crippen LogP contribution in [0.15, 0.2) is 29.9 Å². The highest BCUT2D eigenvalue weighted by Crippen LogP contribution is 2.24. The Kier molecular flexibility index (Phi) is 6.11. The van der Waals surface area contributed by atoms with E-state index in [1.165, 1.54) is 16.3 Å². The van der Waals surface area contributed by atoms with E-state index in [0.717, 1.165) is 32.6 Å². The zero-order valence-corrected chi connectivity index (χ0v) is 13.8. The molecule has 0 radical (unpaired) electrons. The highest BCUT2D eigenvalue weighted by atomic mass is 35.5. The van der Waals surface area contributed by atoms with Crippen LogP contribution in [-0.2, 0) is 13.0 Å². The molecule has 1 N–H and O–H groups in total. The highest BCUT2D eigenvalue weighted by Gasteiger charge is 2.24. The zero-order valence-electron chi connectivity index (χ0n) is 12.2. The number of nitrogens with zero attached hydrogens (tertiary/aromatic N) is 3. The number of hydrogen-bond donors (Lipinski definition) is 1. The van der Waals surface area contributed by atoms with Gasteiger partial charge in [0.2, 0.25) is 0 Å². The first-order valence-corrected chi connectivity index (χ1v) is 8.02. The average Bonchev–Trinajstić information content (AvgIpc) is 2.96. The topological polar surface area (TPSA) is 41.1 Å². The van der Waals surface area contributed by atoms with Crippen LogP contribution in [0, 0.1) is 0 Å². The lowest BCUT2D eigenvalue weighted by Gasteiger charge is -2.35. The maximum atomic E-state index is 4.69. The standard InChI is InChI=1S/C15H20N4S.ClH/c1-2-15-18-13(11-20-15)10-19-7-6-17-9-14(19)12-4-3-5-16-8-12;/h3-5,8,11,14,17H,2,6-7,9-10H2,1H3;1H. The fourth-order valence-corrected chi connectivity index (χ4v) is 3.37. The van der Waals surface area contributed by atoms with Crippen molar-refractivity contribution < 1.29 is 0 Å². The molecular formula is C15H21ClN4S. The van der Waals surface area contributed by atoms with Crippen LogP contribution >= 0.6 is 23.7 Å². The maximum Gasteiger partial charge on any atom is 0.0926 e. The van der Waals surface area contributed by atoms with E-state index in [1.54, 1.807) is 11.3 Å². The van der Waals surface area contributed by atoms with Gasteiger partial charge in [-0.25, -0.2) is 4.98 Å². The summed E-state index contributed by atoms with van der Waals surface area (Å²) in [6, 6.07) is 4.57. The predicted octanol–water partition coefficient (Wildman–Crippen LogP) is 2.67. The summed E-state index contributed by atoms with van der Waals surface area (Å²) in [6.45, 7) is 6.17. The Hall–Kier alpha value is -1.01. The molecule has 0 bridgehead atoms. The molecule has 6 heteroatoms. The number of pyridine rings is 1. The zero-order chi connectivity index (χ0) is 13.8. The summed E-state index contributed by atoms with van der Waals surface area (Å²) < 4.78 is 0. The number of piperazine rings is 1. The second kappa shape index (κ2) is 7.84. The van der Waals surface area contributed by atoms with Crippen LogP contribution in [0.2, 0.25) is 0 Å². The van der Waals surface area contributed by atoms with Gasteiger partial charge in [0, 0.05) is 50.0 Å². The lowest BCUT2D eigenvalue weighted by molar-refractivity contribution is 0.152. The van der Waals surface area contributed by atoms with E-state index >= 15 is 0 Å². The number of rotatable bonds is 4.